The first-order valence-corrected chi connectivity index (χ1v) is 11.3. The van der Waals surface area contributed by atoms with Gasteiger partial charge in [-0.2, -0.15) is 0 Å². The van der Waals surface area contributed by atoms with Crippen LogP contribution in [-0.2, 0) is 17.9 Å². The third-order valence-corrected chi connectivity index (χ3v) is 5.70. The molecule has 0 unspecified atom stereocenters. The van der Waals surface area contributed by atoms with Crippen LogP contribution in [0, 0.1) is 6.92 Å². The Balaban J connectivity index is 1.62. The van der Waals surface area contributed by atoms with E-state index in [4.69, 9.17) is 0 Å². The molecule has 0 spiro atoms. The van der Waals surface area contributed by atoms with E-state index in [0.717, 1.165) is 11.1 Å². The normalized spacial score (nSPS) is 11.6. The average molecular weight is 450 g/mol. The second-order valence-corrected chi connectivity index (χ2v) is 8.30. The number of thioether (sulfide) groups is 1. The summed E-state index contributed by atoms with van der Waals surface area (Å²) in [6, 6.07) is 16.8. The van der Waals surface area contributed by atoms with Gasteiger partial charge in [0.05, 0.1) is 11.8 Å². The summed E-state index contributed by atoms with van der Waals surface area (Å²) in [4.78, 5) is 24.9. The summed E-state index contributed by atoms with van der Waals surface area (Å²) in [6.45, 7) is 8.56. The molecule has 0 saturated carbocycles. The van der Waals surface area contributed by atoms with Crippen LogP contribution in [0.2, 0.25) is 0 Å². The van der Waals surface area contributed by atoms with Gasteiger partial charge in [0.2, 0.25) is 5.91 Å². The number of nitrogens with zero attached hydrogens (tertiary/aromatic N) is 3. The maximum absolute atomic E-state index is 12.6. The lowest BCUT2D eigenvalue weighted by Crippen LogP contribution is -2.29. The van der Waals surface area contributed by atoms with Gasteiger partial charge in [-0.3, -0.25) is 9.59 Å². The lowest BCUT2D eigenvalue weighted by molar-refractivity contribution is -0.118. The van der Waals surface area contributed by atoms with Crippen LogP contribution in [0.5, 0.6) is 0 Å². The number of amides is 2. The Hall–Kier alpha value is -3.39. The van der Waals surface area contributed by atoms with Gasteiger partial charge in [0.1, 0.15) is 0 Å². The Kier molecular flexibility index (Phi) is 8.21. The number of aryl methyl sites for hydroxylation is 1. The molecule has 0 aliphatic heterocycles. The van der Waals surface area contributed by atoms with E-state index in [0.29, 0.717) is 29.6 Å². The standard InChI is InChI=1S/C24H27N5O2S/c1-4-13-29-22(18(3)26-23(31)20-12-8-9-17(2)14-20)27-28-24(29)32-16-21(30)25-15-19-10-6-5-7-11-19/h4-12,14,18H,1,13,15-16H2,2-3H3,(H,25,30)(H,26,31)/t18-/m0/s1. The van der Waals surface area contributed by atoms with Crippen LogP contribution in [-0.4, -0.2) is 32.3 Å². The van der Waals surface area contributed by atoms with Crippen molar-refractivity contribution in [2.75, 3.05) is 5.75 Å². The van der Waals surface area contributed by atoms with Gasteiger partial charge in [0, 0.05) is 18.7 Å². The predicted molar refractivity (Wildman–Crippen MR) is 126 cm³/mol. The molecule has 0 radical (unpaired) electrons. The molecule has 2 N–H and O–H groups in total. The first-order chi connectivity index (χ1) is 15.5. The van der Waals surface area contributed by atoms with Gasteiger partial charge in [0.25, 0.3) is 5.91 Å². The topological polar surface area (TPSA) is 88.9 Å². The molecule has 1 aromatic heterocycles. The Bertz CT molecular complexity index is 1080. The average Bonchev–Trinajstić information content (AvgIpc) is 3.20. The van der Waals surface area contributed by atoms with Crippen molar-refractivity contribution >= 4 is 23.6 Å². The Morgan fingerprint density at radius 1 is 1.16 bits per heavy atom. The van der Waals surface area contributed by atoms with E-state index in [1.807, 2.05) is 66.9 Å². The molecule has 1 heterocycles. The highest BCUT2D eigenvalue weighted by Gasteiger charge is 2.20. The fourth-order valence-corrected chi connectivity index (χ4v) is 3.92. The van der Waals surface area contributed by atoms with E-state index in [1.54, 1.807) is 12.1 Å². The SMILES string of the molecule is C=CCn1c(SCC(=O)NCc2ccccc2)nnc1[C@H](C)NC(=O)c1cccc(C)c1. The number of rotatable bonds is 10. The smallest absolute Gasteiger partial charge is 0.251 e. The monoisotopic (exact) mass is 449 g/mol. The second-order valence-electron chi connectivity index (χ2n) is 7.36. The van der Waals surface area contributed by atoms with E-state index in [-0.39, 0.29) is 23.6 Å². The molecule has 2 aromatic carbocycles. The molecule has 3 aromatic rings. The zero-order chi connectivity index (χ0) is 22.9. The van der Waals surface area contributed by atoms with E-state index in [2.05, 4.69) is 27.4 Å². The molecule has 2 amide bonds. The zero-order valence-electron chi connectivity index (χ0n) is 18.2. The maximum Gasteiger partial charge on any atom is 0.251 e. The van der Waals surface area contributed by atoms with E-state index >= 15 is 0 Å². The minimum atomic E-state index is -0.364. The van der Waals surface area contributed by atoms with E-state index in [1.165, 1.54) is 11.8 Å². The minimum Gasteiger partial charge on any atom is -0.351 e. The van der Waals surface area contributed by atoms with E-state index < -0.39 is 0 Å². The number of hydrogen-bond acceptors (Lipinski definition) is 5. The number of hydrogen-bond donors (Lipinski definition) is 2. The van der Waals surface area contributed by atoms with Crippen LogP contribution in [0.15, 0.2) is 72.4 Å². The van der Waals surface area contributed by atoms with Crippen LogP contribution >= 0.6 is 11.8 Å². The fraction of sp³-hybridized carbons (Fsp3) is 0.250. The second kappa shape index (κ2) is 11.3. The Morgan fingerprint density at radius 3 is 2.66 bits per heavy atom. The molecule has 32 heavy (non-hydrogen) atoms. The summed E-state index contributed by atoms with van der Waals surface area (Å²) >= 11 is 1.30. The molecular weight excluding hydrogens is 422 g/mol. The van der Waals surface area contributed by atoms with E-state index in [9.17, 15) is 9.59 Å². The van der Waals surface area contributed by atoms with Crippen molar-refractivity contribution in [2.24, 2.45) is 0 Å². The van der Waals surface area contributed by atoms with Gasteiger partial charge in [-0.25, -0.2) is 0 Å². The van der Waals surface area contributed by atoms with Crippen LogP contribution in [0.3, 0.4) is 0 Å². The number of allylic oxidation sites excluding steroid dienone is 1. The quantitative estimate of drug-likeness (QED) is 0.364. The molecule has 0 bridgehead atoms. The van der Waals surface area contributed by atoms with Gasteiger partial charge in [-0.1, -0.05) is 65.9 Å². The van der Waals surface area contributed by atoms with Gasteiger partial charge in [0.15, 0.2) is 11.0 Å². The lowest BCUT2D eigenvalue weighted by Gasteiger charge is -2.15. The van der Waals surface area contributed by atoms with Crippen molar-refractivity contribution in [1.29, 1.82) is 0 Å². The van der Waals surface area contributed by atoms with Crippen molar-refractivity contribution in [3.8, 4) is 0 Å². The molecule has 7 nitrogen and oxygen atoms in total. The van der Waals surface area contributed by atoms with Gasteiger partial charge in [-0.05, 0) is 31.5 Å². The molecule has 1 atom stereocenters. The first kappa shape index (κ1) is 23.3. The highest BCUT2D eigenvalue weighted by atomic mass is 32.2. The summed E-state index contributed by atoms with van der Waals surface area (Å²) in [5, 5.41) is 15.0. The van der Waals surface area contributed by atoms with Crippen LogP contribution < -0.4 is 10.6 Å². The summed E-state index contributed by atoms with van der Waals surface area (Å²) in [5.41, 5.74) is 2.65. The first-order valence-electron chi connectivity index (χ1n) is 10.3. The summed E-state index contributed by atoms with van der Waals surface area (Å²) in [6.07, 6.45) is 1.74. The molecule has 166 valence electrons. The van der Waals surface area contributed by atoms with Gasteiger partial charge in [-0.15, -0.1) is 16.8 Å². The summed E-state index contributed by atoms with van der Waals surface area (Å²) in [5.74, 6) is 0.558. The largest absolute Gasteiger partial charge is 0.351 e. The summed E-state index contributed by atoms with van der Waals surface area (Å²) < 4.78 is 1.86. The highest BCUT2D eigenvalue weighted by molar-refractivity contribution is 7.99. The molecule has 0 saturated heterocycles. The van der Waals surface area contributed by atoms with Crippen molar-refractivity contribution in [1.82, 2.24) is 25.4 Å². The molecule has 8 heteroatoms. The van der Waals surface area contributed by atoms with Gasteiger partial charge >= 0.3 is 0 Å². The third-order valence-electron chi connectivity index (χ3n) is 4.74. The van der Waals surface area contributed by atoms with Crippen molar-refractivity contribution < 1.29 is 9.59 Å². The highest BCUT2D eigenvalue weighted by Crippen LogP contribution is 2.21. The maximum atomic E-state index is 12.6. The molecular formula is C24H27N5O2S. The zero-order valence-corrected chi connectivity index (χ0v) is 19.1. The Morgan fingerprint density at radius 2 is 1.94 bits per heavy atom. The molecule has 0 aliphatic carbocycles. The van der Waals surface area contributed by atoms with Crippen LogP contribution in [0.4, 0.5) is 0 Å². The third kappa shape index (κ3) is 6.31. The number of benzene rings is 2. The van der Waals surface area contributed by atoms with Crippen molar-refractivity contribution in [3.05, 3.63) is 89.8 Å². The summed E-state index contributed by atoms with van der Waals surface area (Å²) in [7, 11) is 0. The number of nitrogens with one attached hydrogen (secondary N) is 2. The molecule has 0 fully saturated rings. The van der Waals surface area contributed by atoms with Crippen LogP contribution in [0.1, 0.15) is 40.3 Å². The predicted octanol–water partition coefficient (Wildman–Crippen LogP) is 3.67. The molecule has 0 aliphatic rings. The Labute approximate surface area is 192 Å². The number of aromatic nitrogens is 3. The molecule has 3 rings (SSSR count). The lowest BCUT2D eigenvalue weighted by atomic mass is 10.1. The number of carbonyl (C=O) groups excluding carboxylic acids is 2. The van der Waals surface area contributed by atoms with Crippen LogP contribution in [0.25, 0.3) is 0 Å². The number of carbonyl (C=O) groups is 2. The minimum absolute atomic E-state index is 0.0886. The van der Waals surface area contributed by atoms with Crippen molar-refractivity contribution in [3.63, 3.8) is 0 Å². The fourth-order valence-electron chi connectivity index (χ4n) is 3.14. The van der Waals surface area contributed by atoms with Crippen molar-refractivity contribution in [2.45, 2.75) is 38.1 Å². The van der Waals surface area contributed by atoms with Gasteiger partial charge < -0.3 is 15.2 Å².